The van der Waals surface area contributed by atoms with Gasteiger partial charge in [0.2, 0.25) is 0 Å². The second kappa shape index (κ2) is 13.4. The number of hydrogen-bond acceptors (Lipinski definition) is 5. The van der Waals surface area contributed by atoms with Crippen LogP contribution >= 0.6 is 0 Å². The van der Waals surface area contributed by atoms with Crippen molar-refractivity contribution in [1.29, 1.82) is 0 Å². The average Bonchev–Trinajstić information content (AvgIpc) is 2.99. The second-order valence-electron chi connectivity index (χ2n) is 10.2. The summed E-state index contributed by atoms with van der Waals surface area (Å²) in [7, 11) is 0. The zero-order valence-electron chi connectivity index (χ0n) is 22.4. The van der Waals surface area contributed by atoms with Gasteiger partial charge in [-0.15, -0.1) is 0 Å². The molecular weight excluding hydrogens is 506 g/mol. The van der Waals surface area contributed by atoms with Crippen LogP contribution in [-0.2, 0) is 22.7 Å². The lowest BCUT2D eigenvalue weighted by Crippen LogP contribution is -2.46. The first kappa shape index (κ1) is 27.6. The molecule has 1 saturated heterocycles. The van der Waals surface area contributed by atoms with E-state index in [1.807, 2.05) is 66.7 Å². The van der Waals surface area contributed by atoms with Gasteiger partial charge in [0.25, 0.3) is 0 Å². The van der Waals surface area contributed by atoms with Crippen LogP contribution in [0, 0.1) is 0 Å². The van der Waals surface area contributed by atoms with Crippen LogP contribution in [-0.4, -0.2) is 59.7 Å². The summed E-state index contributed by atoms with van der Waals surface area (Å²) in [6.45, 7) is 1.94. The number of nitrogens with zero attached hydrogens (tertiary/aromatic N) is 1. The molecule has 5 rings (SSSR count). The number of amides is 1. The molecule has 1 aliphatic heterocycles. The number of fused-ring (bicyclic) bond motifs is 1. The fourth-order valence-corrected chi connectivity index (χ4v) is 5.11. The predicted molar refractivity (Wildman–Crippen MR) is 154 cm³/mol. The van der Waals surface area contributed by atoms with Gasteiger partial charge in [0.05, 0.1) is 32.5 Å². The summed E-state index contributed by atoms with van der Waals surface area (Å²) in [6, 6.07) is 32.1. The molecule has 0 unspecified atom stereocenters. The van der Waals surface area contributed by atoms with E-state index in [1.165, 1.54) is 10.3 Å². The third-order valence-corrected chi connectivity index (χ3v) is 7.28. The predicted octanol–water partition coefficient (Wildman–Crippen LogP) is 5.85. The summed E-state index contributed by atoms with van der Waals surface area (Å²) in [4.78, 5) is 13.1. The molecule has 3 atom stereocenters. The van der Waals surface area contributed by atoms with E-state index < -0.39 is 12.2 Å². The minimum absolute atomic E-state index is 0.0575. The number of ether oxygens (including phenoxy) is 3. The SMILES string of the molecule is O=C(O)N1CC[C@H](c2ccc(OC[C@@H](O)COCc3ccccc3)cc2)[C@@H](OCc2ccc3ccccc3c2)C1. The average molecular weight is 542 g/mol. The number of aliphatic hydroxyl groups excluding tert-OH is 1. The van der Waals surface area contributed by atoms with Crippen LogP contribution in [0.3, 0.4) is 0 Å². The van der Waals surface area contributed by atoms with Crippen molar-refractivity contribution in [3.63, 3.8) is 0 Å². The van der Waals surface area contributed by atoms with Gasteiger partial charge in [-0.3, -0.25) is 0 Å². The van der Waals surface area contributed by atoms with Crippen molar-refractivity contribution in [3.05, 3.63) is 114 Å². The van der Waals surface area contributed by atoms with Crippen molar-refractivity contribution in [2.45, 2.75) is 37.8 Å². The fourth-order valence-electron chi connectivity index (χ4n) is 5.11. The molecule has 0 spiro atoms. The van der Waals surface area contributed by atoms with Crippen LogP contribution in [0.5, 0.6) is 5.75 Å². The molecule has 4 aromatic rings. The van der Waals surface area contributed by atoms with Gasteiger partial charge in [0.1, 0.15) is 18.5 Å². The quantitative estimate of drug-likeness (QED) is 0.248. The molecule has 0 bridgehead atoms. The van der Waals surface area contributed by atoms with Crippen molar-refractivity contribution in [2.24, 2.45) is 0 Å². The van der Waals surface area contributed by atoms with Crippen LogP contribution in [0.25, 0.3) is 10.8 Å². The van der Waals surface area contributed by atoms with Crippen molar-refractivity contribution >= 4 is 16.9 Å². The summed E-state index contributed by atoms with van der Waals surface area (Å²) in [5.41, 5.74) is 3.19. The molecule has 40 heavy (non-hydrogen) atoms. The number of rotatable bonds is 11. The Morgan fingerprint density at radius 3 is 2.38 bits per heavy atom. The molecule has 0 radical (unpaired) electrons. The smallest absolute Gasteiger partial charge is 0.407 e. The number of benzene rings is 4. The molecule has 0 saturated carbocycles. The molecule has 0 aromatic heterocycles. The number of carbonyl (C=O) groups is 1. The standard InChI is InChI=1S/C33H35NO6/c35-29(22-38-20-24-6-2-1-3-7-24)23-39-30-14-12-27(13-15-30)31-16-17-34(33(36)37)19-32(31)40-21-25-10-11-26-8-4-5-9-28(26)18-25/h1-15,18,29,31-32,35H,16-17,19-23H2,(H,36,37)/t29-,31+,32-/m0/s1. The number of likely N-dealkylation sites (tertiary alicyclic amines) is 1. The molecule has 4 aromatic carbocycles. The topological polar surface area (TPSA) is 88.5 Å². The highest BCUT2D eigenvalue weighted by Gasteiger charge is 2.33. The zero-order valence-corrected chi connectivity index (χ0v) is 22.4. The van der Waals surface area contributed by atoms with Gasteiger partial charge in [0, 0.05) is 12.5 Å². The van der Waals surface area contributed by atoms with Gasteiger partial charge < -0.3 is 29.3 Å². The van der Waals surface area contributed by atoms with E-state index in [4.69, 9.17) is 14.2 Å². The fraction of sp³-hybridized carbons (Fsp3) is 0.303. The first-order valence-corrected chi connectivity index (χ1v) is 13.6. The maximum Gasteiger partial charge on any atom is 0.407 e. The molecule has 7 nitrogen and oxygen atoms in total. The van der Waals surface area contributed by atoms with E-state index in [0.717, 1.165) is 22.1 Å². The lowest BCUT2D eigenvalue weighted by Gasteiger charge is -2.37. The van der Waals surface area contributed by atoms with Gasteiger partial charge in [-0.2, -0.15) is 0 Å². The summed E-state index contributed by atoms with van der Waals surface area (Å²) in [6.07, 6.45) is -1.26. The zero-order chi connectivity index (χ0) is 27.7. The summed E-state index contributed by atoms with van der Waals surface area (Å²) < 4.78 is 17.7. The van der Waals surface area contributed by atoms with Crippen molar-refractivity contribution in [2.75, 3.05) is 26.3 Å². The van der Waals surface area contributed by atoms with Crippen LogP contribution in [0.2, 0.25) is 0 Å². The molecule has 1 aliphatic rings. The third kappa shape index (κ3) is 7.39. The minimum Gasteiger partial charge on any atom is -0.491 e. The highest BCUT2D eigenvalue weighted by atomic mass is 16.5. The Kier molecular flexibility index (Phi) is 9.29. The first-order valence-electron chi connectivity index (χ1n) is 13.6. The van der Waals surface area contributed by atoms with Gasteiger partial charge >= 0.3 is 6.09 Å². The molecule has 1 heterocycles. The van der Waals surface area contributed by atoms with Crippen LogP contribution < -0.4 is 4.74 Å². The number of hydrogen-bond donors (Lipinski definition) is 2. The number of aliphatic hydroxyl groups is 1. The highest BCUT2D eigenvalue weighted by Crippen LogP contribution is 2.32. The lowest BCUT2D eigenvalue weighted by atomic mass is 9.87. The van der Waals surface area contributed by atoms with E-state index >= 15 is 0 Å². The molecular formula is C33H35NO6. The van der Waals surface area contributed by atoms with E-state index in [-0.39, 0.29) is 25.2 Å². The van der Waals surface area contributed by atoms with E-state index in [0.29, 0.717) is 38.5 Å². The Morgan fingerprint density at radius 2 is 1.60 bits per heavy atom. The van der Waals surface area contributed by atoms with E-state index in [1.54, 1.807) is 0 Å². The number of carboxylic acid groups (broad SMARTS) is 1. The Balaban J connectivity index is 1.16. The third-order valence-electron chi connectivity index (χ3n) is 7.28. The van der Waals surface area contributed by atoms with Gasteiger partial charge in [0.15, 0.2) is 0 Å². The second-order valence-corrected chi connectivity index (χ2v) is 10.2. The molecule has 208 valence electrons. The normalized spacial score (nSPS) is 18.0. The van der Waals surface area contributed by atoms with Crippen LogP contribution in [0.4, 0.5) is 4.79 Å². The molecule has 2 N–H and O–H groups in total. The molecule has 0 aliphatic carbocycles. The molecule has 1 fully saturated rings. The Morgan fingerprint density at radius 1 is 0.850 bits per heavy atom. The Bertz CT molecular complexity index is 1380. The van der Waals surface area contributed by atoms with Crippen molar-refractivity contribution in [3.8, 4) is 5.75 Å². The minimum atomic E-state index is -0.923. The summed E-state index contributed by atoms with van der Waals surface area (Å²) >= 11 is 0. The maximum atomic E-state index is 11.7. The van der Waals surface area contributed by atoms with Gasteiger partial charge in [-0.05, 0) is 52.1 Å². The molecule has 1 amide bonds. The largest absolute Gasteiger partial charge is 0.491 e. The van der Waals surface area contributed by atoms with Crippen LogP contribution in [0.15, 0.2) is 97.1 Å². The first-order chi connectivity index (χ1) is 19.5. The van der Waals surface area contributed by atoms with Gasteiger partial charge in [-0.1, -0.05) is 78.9 Å². The van der Waals surface area contributed by atoms with E-state index in [9.17, 15) is 15.0 Å². The maximum absolute atomic E-state index is 11.7. The lowest BCUT2D eigenvalue weighted by molar-refractivity contribution is -0.0199. The van der Waals surface area contributed by atoms with Crippen molar-refractivity contribution in [1.82, 2.24) is 4.90 Å². The van der Waals surface area contributed by atoms with Gasteiger partial charge in [-0.25, -0.2) is 4.79 Å². The van der Waals surface area contributed by atoms with Crippen molar-refractivity contribution < 1.29 is 29.2 Å². The molecule has 7 heteroatoms. The van der Waals surface area contributed by atoms with Crippen LogP contribution in [0.1, 0.15) is 29.0 Å². The monoisotopic (exact) mass is 541 g/mol. The highest BCUT2D eigenvalue weighted by molar-refractivity contribution is 5.82. The summed E-state index contributed by atoms with van der Waals surface area (Å²) in [5, 5.41) is 22.2. The number of piperidine rings is 1. The Labute approximate surface area is 234 Å². The summed E-state index contributed by atoms with van der Waals surface area (Å²) in [5.74, 6) is 0.713. The Hall–Kier alpha value is -3.91. The van der Waals surface area contributed by atoms with E-state index in [2.05, 4.69) is 30.3 Å².